The second kappa shape index (κ2) is 5.42. The molecule has 0 aliphatic rings. The zero-order valence-electron chi connectivity index (χ0n) is 8.12. The molecule has 4 nitrogen and oxygen atoms in total. The lowest BCUT2D eigenvalue weighted by Crippen LogP contribution is -2.18. The van der Waals surface area contributed by atoms with Gasteiger partial charge in [0.1, 0.15) is 5.75 Å². The number of halogens is 3. The summed E-state index contributed by atoms with van der Waals surface area (Å²) < 4.78 is 39.1. The molecule has 0 aromatic heterocycles. The van der Waals surface area contributed by atoms with Gasteiger partial charge in [0.05, 0.1) is 5.16 Å². The minimum absolute atomic E-state index is 0.119. The van der Waals surface area contributed by atoms with Crippen LogP contribution < -0.4 is 10.2 Å². The second-order valence-corrected chi connectivity index (χ2v) is 2.90. The van der Waals surface area contributed by atoms with Gasteiger partial charge in [-0.05, 0) is 36.5 Å². The molecule has 17 heavy (non-hydrogen) atoms. The second-order valence-electron chi connectivity index (χ2n) is 2.72. The summed E-state index contributed by atoms with van der Waals surface area (Å²) in [7, 11) is 0. The van der Waals surface area contributed by atoms with E-state index in [1.807, 2.05) is 10.6 Å². The fourth-order valence-electron chi connectivity index (χ4n) is 0.946. The summed E-state index contributed by atoms with van der Waals surface area (Å²) in [5, 5.41) is 5.10. The topological polar surface area (TPSA) is 50.7 Å². The van der Waals surface area contributed by atoms with E-state index in [9.17, 15) is 18.0 Å². The molecule has 0 unspecified atom stereocenters. The molecular weight excluding hydrogens is 257 g/mol. The molecule has 0 saturated carbocycles. The highest BCUT2D eigenvalue weighted by atomic mass is 32.1. The van der Waals surface area contributed by atoms with E-state index in [4.69, 9.17) is 0 Å². The Hall–Kier alpha value is -1.92. The number of rotatable bonds is 3. The SMILES string of the molecule is O=C(NN=C=S)c1ccc(OC(F)(F)F)cc1. The van der Waals surface area contributed by atoms with Gasteiger partial charge in [0, 0.05) is 5.56 Å². The highest BCUT2D eigenvalue weighted by molar-refractivity contribution is 7.78. The quantitative estimate of drug-likeness (QED) is 0.516. The van der Waals surface area contributed by atoms with E-state index in [-0.39, 0.29) is 5.56 Å². The smallest absolute Gasteiger partial charge is 0.406 e. The van der Waals surface area contributed by atoms with Crippen LogP contribution in [0.15, 0.2) is 29.4 Å². The van der Waals surface area contributed by atoms with Gasteiger partial charge in [-0.25, -0.2) is 5.43 Å². The first kappa shape index (κ1) is 13.1. The zero-order chi connectivity index (χ0) is 12.9. The maximum atomic E-state index is 11.8. The summed E-state index contributed by atoms with van der Waals surface area (Å²) in [5.41, 5.74) is 2.14. The van der Waals surface area contributed by atoms with Crippen molar-refractivity contribution in [2.24, 2.45) is 5.10 Å². The Morgan fingerprint density at radius 1 is 1.35 bits per heavy atom. The number of carbonyl (C=O) groups excluding carboxylic acids is 1. The van der Waals surface area contributed by atoms with Crippen LogP contribution in [0.1, 0.15) is 10.4 Å². The fourth-order valence-corrected chi connectivity index (χ4v) is 0.992. The third-order valence-electron chi connectivity index (χ3n) is 1.55. The van der Waals surface area contributed by atoms with Gasteiger partial charge in [0.15, 0.2) is 0 Å². The number of hydrogen-bond donors (Lipinski definition) is 1. The van der Waals surface area contributed by atoms with Gasteiger partial charge in [0.2, 0.25) is 0 Å². The molecule has 0 atom stereocenters. The van der Waals surface area contributed by atoms with E-state index in [1.165, 1.54) is 0 Å². The Morgan fingerprint density at radius 3 is 2.41 bits per heavy atom. The average Bonchev–Trinajstić information content (AvgIpc) is 2.24. The molecule has 0 heterocycles. The number of carbonyl (C=O) groups is 1. The molecule has 0 spiro atoms. The minimum atomic E-state index is -4.76. The van der Waals surface area contributed by atoms with Gasteiger partial charge in [0.25, 0.3) is 5.91 Å². The van der Waals surface area contributed by atoms with E-state index >= 15 is 0 Å². The first-order valence-electron chi connectivity index (χ1n) is 4.15. The van der Waals surface area contributed by atoms with Gasteiger partial charge >= 0.3 is 6.36 Å². The Kier molecular flexibility index (Phi) is 4.19. The summed E-state index contributed by atoms with van der Waals surface area (Å²) in [6.07, 6.45) is -4.76. The summed E-state index contributed by atoms with van der Waals surface area (Å²) in [5.74, 6) is -1.02. The highest BCUT2D eigenvalue weighted by Gasteiger charge is 2.30. The first-order valence-corrected chi connectivity index (χ1v) is 4.56. The molecule has 1 amide bonds. The highest BCUT2D eigenvalue weighted by Crippen LogP contribution is 2.22. The Labute approximate surface area is 99.1 Å². The molecule has 0 radical (unpaired) electrons. The van der Waals surface area contributed by atoms with Crippen molar-refractivity contribution >= 4 is 23.3 Å². The van der Waals surface area contributed by atoms with Crippen LogP contribution in [0.25, 0.3) is 0 Å². The lowest BCUT2D eigenvalue weighted by atomic mass is 10.2. The predicted molar refractivity (Wildman–Crippen MR) is 55.6 cm³/mol. The molecule has 1 aromatic rings. The van der Waals surface area contributed by atoms with Gasteiger partial charge in [-0.3, -0.25) is 4.79 Å². The van der Waals surface area contributed by atoms with Crippen molar-refractivity contribution in [2.45, 2.75) is 6.36 Å². The van der Waals surface area contributed by atoms with Gasteiger partial charge in [-0.15, -0.1) is 18.3 Å². The number of benzene rings is 1. The largest absolute Gasteiger partial charge is 0.573 e. The lowest BCUT2D eigenvalue weighted by molar-refractivity contribution is -0.274. The maximum absolute atomic E-state index is 11.8. The molecule has 0 bridgehead atoms. The molecule has 0 aliphatic carbocycles. The third-order valence-corrected chi connectivity index (χ3v) is 1.64. The molecule has 1 rings (SSSR count). The van der Waals surface area contributed by atoms with Crippen LogP contribution in [0.5, 0.6) is 5.75 Å². The van der Waals surface area contributed by atoms with Crippen molar-refractivity contribution in [3.05, 3.63) is 29.8 Å². The van der Waals surface area contributed by atoms with E-state index in [0.717, 1.165) is 24.3 Å². The molecule has 8 heteroatoms. The predicted octanol–water partition coefficient (Wildman–Crippen LogP) is 2.33. The summed E-state index contributed by atoms with van der Waals surface area (Å²) >= 11 is 4.22. The first-order chi connectivity index (χ1) is 7.92. The zero-order valence-corrected chi connectivity index (χ0v) is 8.93. The Morgan fingerprint density at radius 2 is 1.94 bits per heavy atom. The van der Waals surface area contributed by atoms with E-state index < -0.39 is 18.0 Å². The fraction of sp³-hybridized carbons (Fsp3) is 0.111. The third kappa shape index (κ3) is 4.62. The van der Waals surface area contributed by atoms with Gasteiger partial charge < -0.3 is 4.74 Å². The minimum Gasteiger partial charge on any atom is -0.406 e. The van der Waals surface area contributed by atoms with E-state index in [1.54, 1.807) is 0 Å². The summed E-state index contributed by atoms with van der Waals surface area (Å²) in [6.45, 7) is 0. The number of hydrazone groups is 1. The number of nitrogens with zero attached hydrogens (tertiary/aromatic N) is 1. The molecule has 1 aromatic carbocycles. The normalized spacial score (nSPS) is 10.3. The summed E-state index contributed by atoms with van der Waals surface area (Å²) in [4.78, 5) is 11.2. The number of alkyl halides is 3. The molecule has 90 valence electrons. The number of isothiocyanates is 1. The van der Waals surface area contributed by atoms with Gasteiger partial charge in [-0.2, -0.15) is 0 Å². The Balaban J connectivity index is 2.74. The van der Waals surface area contributed by atoms with E-state index in [0.29, 0.717) is 0 Å². The van der Waals surface area contributed by atoms with Crippen LogP contribution in [0, 0.1) is 0 Å². The number of thiocarbonyl (C=S) groups is 1. The monoisotopic (exact) mass is 262 g/mol. The summed E-state index contributed by atoms with van der Waals surface area (Å²) in [6, 6.07) is 4.36. The molecule has 0 saturated heterocycles. The van der Waals surface area contributed by atoms with Crippen molar-refractivity contribution < 1.29 is 22.7 Å². The number of nitrogens with one attached hydrogen (secondary N) is 1. The lowest BCUT2D eigenvalue weighted by Gasteiger charge is -2.08. The number of hydrogen-bond acceptors (Lipinski definition) is 4. The molecule has 0 aliphatic heterocycles. The van der Waals surface area contributed by atoms with Crippen LogP contribution in [0.2, 0.25) is 0 Å². The van der Waals surface area contributed by atoms with Gasteiger partial charge in [-0.1, -0.05) is 0 Å². The van der Waals surface area contributed by atoms with Crippen LogP contribution in [-0.2, 0) is 0 Å². The standard InChI is InChI=1S/C9H5F3N2O2S/c10-9(11,12)16-7-3-1-6(2-4-7)8(15)14-13-5-17/h1-4H,(H,14,15). The van der Waals surface area contributed by atoms with Crippen LogP contribution >= 0.6 is 12.2 Å². The number of amides is 1. The van der Waals surface area contributed by atoms with Crippen molar-refractivity contribution in [3.8, 4) is 5.75 Å². The average molecular weight is 262 g/mol. The van der Waals surface area contributed by atoms with E-state index in [2.05, 4.69) is 22.1 Å². The molecular formula is C9H5F3N2O2S. The maximum Gasteiger partial charge on any atom is 0.573 e. The molecule has 0 fully saturated rings. The molecule has 1 N–H and O–H groups in total. The van der Waals surface area contributed by atoms with Crippen molar-refractivity contribution in [2.75, 3.05) is 0 Å². The van der Waals surface area contributed by atoms with Crippen molar-refractivity contribution in [1.29, 1.82) is 0 Å². The van der Waals surface area contributed by atoms with Crippen molar-refractivity contribution in [1.82, 2.24) is 5.43 Å². The van der Waals surface area contributed by atoms with Crippen molar-refractivity contribution in [3.63, 3.8) is 0 Å². The van der Waals surface area contributed by atoms with Crippen LogP contribution in [0.3, 0.4) is 0 Å². The number of ether oxygens (including phenoxy) is 1. The van der Waals surface area contributed by atoms with Crippen LogP contribution in [-0.4, -0.2) is 17.4 Å². The Bertz CT molecular complexity index is 452. The van der Waals surface area contributed by atoms with Crippen LogP contribution in [0.4, 0.5) is 13.2 Å².